The number of anilines is 1. The van der Waals surface area contributed by atoms with Crippen LogP contribution in [0.15, 0.2) is 18.2 Å². The summed E-state index contributed by atoms with van der Waals surface area (Å²) in [4.78, 5) is 37.2. The molecule has 0 unspecified atom stereocenters. The highest BCUT2D eigenvalue weighted by Gasteiger charge is 2.37. The third kappa shape index (κ3) is 3.62. The Hall–Kier alpha value is -1.53. The number of thioether (sulfide) groups is 1. The van der Waals surface area contributed by atoms with Crippen LogP contribution in [0.5, 0.6) is 0 Å². The average molecular weight is 341 g/mol. The molecule has 1 aliphatic heterocycles. The molecule has 0 aliphatic carbocycles. The van der Waals surface area contributed by atoms with E-state index in [-0.39, 0.29) is 28.9 Å². The van der Waals surface area contributed by atoms with Gasteiger partial charge in [0.05, 0.1) is 10.5 Å². The summed E-state index contributed by atoms with van der Waals surface area (Å²) in [6.07, 6.45) is 0. The minimum absolute atomic E-state index is 0.279. The second-order valence-corrected chi connectivity index (χ2v) is 7.29. The van der Waals surface area contributed by atoms with Crippen LogP contribution in [0.1, 0.15) is 19.4 Å². The van der Waals surface area contributed by atoms with Gasteiger partial charge >= 0.3 is 0 Å². The molecule has 1 aromatic rings. The molecule has 1 N–H and O–H groups in total. The SMILES string of the molecule is Cc1ccc(NC(=O)CN2C(=O)[C@@H](C)S[C@H](C)C2=O)cc1Cl. The fraction of sp³-hybridized carbons (Fsp3) is 0.400. The van der Waals surface area contributed by atoms with Crippen molar-refractivity contribution in [1.29, 1.82) is 0 Å². The number of aryl methyl sites for hydroxylation is 1. The molecule has 0 radical (unpaired) electrons. The highest BCUT2D eigenvalue weighted by Crippen LogP contribution is 2.27. The predicted molar refractivity (Wildman–Crippen MR) is 88.1 cm³/mol. The van der Waals surface area contributed by atoms with Gasteiger partial charge in [-0.15, -0.1) is 11.8 Å². The molecule has 0 bridgehead atoms. The zero-order valence-corrected chi connectivity index (χ0v) is 14.1. The van der Waals surface area contributed by atoms with Crippen molar-refractivity contribution in [3.05, 3.63) is 28.8 Å². The van der Waals surface area contributed by atoms with Gasteiger partial charge in [0.2, 0.25) is 17.7 Å². The summed E-state index contributed by atoms with van der Waals surface area (Å²) in [6.45, 7) is 5.05. The van der Waals surface area contributed by atoms with Gasteiger partial charge in [-0.2, -0.15) is 0 Å². The molecule has 2 rings (SSSR count). The molecule has 1 fully saturated rings. The van der Waals surface area contributed by atoms with Crippen molar-refractivity contribution in [2.75, 3.05) is 11.9 Å². The van der Waals surface area contributed by atoms with E-state index in [1.54, 1.807) is 32.0 Å². The molecule has 7 heteroatoms. The number of nitrogens with one attached hydrogen (secondary N) is 1. The third-order valence-electron chi connectivity index (χ3n) is 3.39. The second kappa shape index (κ2) is 6.71. The van der Waals surface area contributed by atoms with Gasteiger partial charge in [0, 0.05) is 10.7 Å². The maximum absolute atomic E-state index is 12.1. The normalized spacial score (nSPS) is 21.9. The Morgan fingerprint density at radius 1 is 1.27 bits per heavy atom. The maximum atomic E-state index is 12.1. The first kappa shape index (κ1) is 16.8. The summed E-state index contributed by atoms with van der Waals surface area (Å²) in [5.41, 5.74) is 1.44. The van der Waals surface area contributed by atoms with Crippen molar-refractivity contribution in [2.45, 2.75) is 31.3 Å². The Morgan fingerprint density at radius 3 is 2.41 bits per heavy atom. The number of amides is 3. The van der Waals surface area contributed by atoms with E-state index < -0.39 is 5.91 Å². The van der Waals surface area contributed by atoms with Gasteiger partial charge < -0.3 is 5.32 Å². The monoisotopic (exact) mass is 340 g/mol. The van der Waals surface area contributed by atoms with Crippen LogP contribution in [0.2, 0.25) is 5.02 Å². The maximum Gasteiger partial charge on any atom is 0.244 e. The number of hydrogen-bond acceptors (Lipinski definition) is 4. The van der Waals surface area contributed by atoms with Gasteiger partial charge in [0.1, 0.15) is 6.54 Å². The van der Waals surface area contributed by atoms with Gasteiger partial charge in [-0.05, 0) is 38.5 Å². The smallest absolute Gasteiger partial charge is 0.244 e. The van der Waals surface area contributed by atoms with Crippen LogP contribution in [0, 0.1) is 6.92 Å². The first-order valence-corrected chi connectivity index (χ1v) is 8.18. The zero-order chi connectivity index (χ0) is 16.4. The van der Waals surface area contributed by atoms with E-state index in [1.807, 2.05) is 6.92 Å². The average Bonchev–Trinajstić information content (AvgIpc) is 2.45. The Labute approximate surface area is 138 Å². The summed E-state index contributed by atoms with van der Waals surface area (Å²) in [6, 6.07) is 5.14. The van der Waals surface area contributed by atoms with Crippen molar-refractivity contribution in [2.24, 2.45) is 0 Å². The lowest BCUT2D eigenvalue weighted by Crippen LogP contribution is -2.52. The largest absolute Gasteiger partial charge is 0.324 e. The number of nitrogens with zero attached hydrogens (tertiary/aromatic N) is 1. The molecule has 5 nitrogen and oxygen atoms in total. The van der Waals surface area contributed by atoms with E-state index >= 15 is 0 Å². The van der Waals surface area contributed by atoms with Crippen LogP contribution in [-0.2, 0) is 14.4 Å². The summed E-state index contributed by atoms with van der Waals surface area (Å²) < 4.78 is 0. The van der Waals surface area contributed by atoms with Crippen LogP contribution in [0.3, 0.4) is 0 Å². The van der Waals surface area contributed by atoms with Crippen molar-refractivity contribution in [1.82, 2.24) is 4.90 Å². The number of imide groups is 1. The summed E-state index contributed by atoms with van der Waals surface area (Å²) in [5, 5.41) is 2.55. The van der Waals surface area contributed by atoms with Crippen molar-refractivity contribution in [3.8, 4) is 0 Å². The molecule has 1 aliphatic rings. The minimum atomic E-state index is -0.423. The number of halogens is 1. The lowest BCUT2D eigenvalue weighted by Gasteiger charge is -2.31. The first-order valence-electron chi connectivity index (χ1n) is 6.86. The standard InChI is InChI=1S/C15H17ClN2O3S/c1-8-4-5-11(6-12(8)16)17-13(19)7-18-14(20)9(2)22-10(3)15(18)21/h4-6,9-10H,7H2,1-3H3,(H,17,19)/t9-,10-/m1/s1. The number of hydrogen-bond donors (Lipinski definition) is 1. The van der Waals surface area contributed by atoms with Gasteiger partial charge in [-0.1, -0.05) is 17.7 Å². The van der Waals surface area contributed by atoms with E-state index in [0.29, 0.717) is 10.7 Å². The third-order valence-corrected chi connectivity index (χ3v) is 5.02. The van der Waals surface area contributed by atoms with Gasteiger partial charge in [-0.25, -0.2) is 0 Å². The molecule has 118 valence electrons. The molecule has 2 atom stereocenters. The van der Waals surface area contributed by atoms with Gasteiger partial charge in [0.25, 0.3) is 0 Å². The Balaban J connectivity index is 2.05. The topological polar surface area (TPSA) is 66.5 Å². The lowest BCUT2D eigenvalue weighted by molar-refractivity contribution is -0.147. The fourth-order valence-corrected chi connectivity index (χ4v) is 3.42. The van der Waals surface area contributed by atoms with E-state index in [9.17, 15) is 14.4 Å². The van der Waals surface area contributed by atoms with Crippen LogP contribution in [0.4, 0.5) is 5.69 Å². The molecule has 0 saturated carbocycles. The van der Waals surface area contributed by atoms with Crippen LogP contribution in [0.25, 0.3) is 0 Å². The van der Waals surface area contributed by atoms with E-state index in [0.717, 1.165) is 10.5 Å². The highest BCUT2D eigenvalue weighted by atomic mass is 35.5. The van der Waals surface area contributed by atoms with E-state index in [4.69, 9.17) is 11.6 Å². The van der Waals surface area contributed by atoms with E-state index in [2.05, 4.69) is 5.32 Å². The molecule has 0 aromatic heterocycles. The number of rotatable bonds is 3. The Bertz CT molecular complexity index is 615. The lowest BCUT2D eigenvalue weighted by atomic mass is 10.2. The number of carbonyl (C=O) groups is 3. The summed E-state index contributed by atoms with van der Waals surface area (Å²) in [5.74, 6) is -1.08. The molecule has 0 spiro atoms. The summed E-state index contributed by atoms with van der Waals surface area (Å²) in [7, 11) is 0. The quantitative estimate of drug-likeness (QED) is 0.858. The predicted octanol–water partition coefficient (Wildman–Crippen LogP) is 2.47. The molecule has 3 amide bonds. The van der Waals surface area contributed by atoms with Crippen molar-refractivity contribution in [3.63, 3.8) is 0 Å². The summed E-state index contributed by atoms with van der Waals surface area (Å²) >= 11 is 7.31. The number of carbonyl (C=O) groups excluding carboxylic acids is 3. The van der Waals surface area contributed by atoms with Crippen molar-refractivity contribution < 1.29 is 14.4 Å². The molecular formula is C15H17ClN2O3S. The number of benzene rings is 1. The van der Waals surface area contributed by atoms with Crippen LogP contribution >= 0.6 is 23.4 Å². The van der Waals surface area contributed by atoms with Crippen molar-refractivity contribution >= 4 is 46.8 Å². The van der Waals surface area contributed by atoms with Crippen LogP contribution in [-0.4, -0.2) is 39.7 Å². The highest BCUT2D eigenvalue weighted by molar-refractivity contribution is 8.02. The first-order chi connectivity index (χ1) is 10.3. The fourth-order valence-electron chi connectivity index (χ4n) is 2.14. The minimum Gasteiger partial charge on any atom is -0.324 e. The molecule has 1 saturated heterocycles. The zero-order valence-electron chi connectivity index (χ0n) is 12.6. The molecule has 22 heavy (non-hydrogen) atoms. The van der Waals surface area contributed by atoms with Gasteiger partial charge in [0.15, 0.2) is 0 Å². The van der Waals surface area contributed by atoms with Gasteiger partial charge in [-0.3, -0.25) is 19.3 Å². The Morgan fingerprint density at radius 2 is 1.86 bits per heavy atom. The van der Waals surface area contributed by atoms with Crippen LogP contribution < -0.4 is 5.32 Å². The second-order valence-electron chi connectivity index (χ2n) is 5.20. The van der Waals surface area contributed by atoms with E-state index in [1.165, 1.54) is 11.8 Å². The molecule has 1 heterocycles. The Kier molecular flexibility index (Phi) is 5.13. The molecular weight excluding hydrogens is 324 g/mol. The molecule has 1 aromatic carbocycles.